The first kappa shape index (κ1) is 12.8. The van der Waals surface area contributed by atoms with Crippen molar-refractivity contribution in [3.63, 3.8) is 0 Å². The molecule has 1 N–H and O–H groups in total. The van der Waals surface area contributed by atoms with Gasteiger partial charge in [-0.2, -0.15) is 5.10 Å². The summed E-state index contributed by atoms with van der Waals surface area (Å²) in [5.74, 6) is 0. The number of nitrogens with one attached hydrogen (secondary N) is 1. The number of hydrogen-bond acceptors (Lipinski definition) is 4. The van der Waals surface area contributed by atoms with E-state index >= 15 is 0 Å². The number of ether oxygens (including phenoxy) is 1. The number of rotatable bonds is 3. The lowest BCUT2D eigenvalue weighted by Gasteiger charge is -2.35. The predicted molar refractivity (Wildman–Crippen MR) is 72.3 cm³/mol. The summed E-state index contributed by atoms with van der Waals surface area (Å²) >= 11 is 0. The second-order valence-electron chi connectivity index (χ2n) is 5.66. The monoisotopic (exact) mass is 263 g/mol. The highest BCUT2D eigenvalue weighted by Crippen LogP contribution is 2.27. The predicted octanol–water partition coefficient (Wildman–Crippen LogP) is 1.02. The van der Waals surface area contributed by atoms with E-state index in [4.69, 9.17) is 4.74 Å². The highest BCUT2D eigenvalue weighted by molar-refractivity contribution is 4.98. The van der Waals surface area contributed by atoms with E-state index in [1.54, 1.807) is 16.8 Å². The van der Waals surface area contributed by atoms with Crippen LogP contribution in [-0.2, 0) is 4.74 Å². The van der Waals surface area contributed by atoms with Crippen LogP contribution in [0.15, 0.2) is 16.9 Å². The number of hydrogen-bond donors (Lipinski definition) is 1. The van der Waals surface area contributed by atoms with E-state index in [0.717, 1.165) is 44.6 Å². The highest BCUT2D eigenvalue weighted by atomic mass is 16.5. The maximum atomic E-state index is 11.9. The Morgan fingerprint density at radius 1 is 1.21 bits per heavy atom. The standard InChI is InChI=1S/C14H21N3O2/c1-10-2-7-14(18)17(16-10)13-5-3-11(4-6-13)15-12-8-19-9-12/h2,7,11-13,15H,3-6,8-9H2,1H3. The van der Waals surface area contributed by atoms with Gasteiger partial charge < -0.3 is 10.1 Å². The molecule has 2 heterocycles. The number of aryl methyl sites for hydroxylation is 1. The Bertz CT molecular complexity index is 488. The van der Waals surface area contributed by atoms with Gasteiger partial charge in [-0.05, 0) is 38.7 Å². The van der Waals surface area contributed by atoms with Crippen LogP contribution in [0.5, 0.6) is 0 Å². The third-order valence-electron chi connectivity index (χ3n) is 4.11. The molecule has 0 aromatic carbocycles. The zero-order valence-electron chi connectivity index (χ0n) is 11.3. The molecule has 1 aliphatic heterocycles. The fourth-order valence-corrected chi connectivity index (χ4v) is 2.93. The Morgan fingerprint density at radius 3 is 2.58 bits per heavy atom. The van der Waals surface area contributed by atoms with Crippen molar-refractivity contribution in [3.8, 4) is 0 Å². The minimum atomic E-state index is 0.0226. The molecule has 0 atom stereocenters. The van der Waals surface area contributed by atoms with E-state index in [0.29, 0.717) is 12.1 Å². The van der Waals surface area contributed by atoms with Crippen LogP contribution in [0.2, 0.25) is 0 Å². The van der Waals surface area contributed by atoms with Crippen molar-refractivity contribution in [2.24, 2.45) is 0 Å². The molecule has 0 bridgehead atoms. The van der Waals surface area contributed by atoms with Gasteiger partial charge in [-0.1, -0.05) is 0 Å². The van der Waals surface area contributed by atoms with Crippen LogP contribution in [0.4, 0.5) is 0 Å². The van der Waals surface area contributed by atoms with Crippen molar-refractivity contribution in [1.82, 2.24) is 15.1 Å². The zero-order chi connectivity index (χ0) is 13.2. The number of nitrogens with zero attached hydrogens (tertiary/aromatic N) is 2. The normalized spacial score (nSPS) is 28.1. The second kappa shape index (κ2) is 5.43. The fourth-order valence-electron chi connectivity index (χ4n) is 2.93. The maximum absolute atomic E-state index is 11.9. The van der Waals surface area contributed by atoms with Gasteiger partial charge in [0, 0.05) is 12.1 Å². The van der Waals surface area contributed by atoms with E-state index in [-0.39, 0.29) is 11.6 Å². The van der Waals surface area contributed by atoms with Crippen LogP contribution in [0.25, 0.3) is 0 Å². The SMILES string of the molecule is Cc1ccc(=O)n(C2CCC(NC3COC3)CC2)n1. The molecule has 104 valence electrons. The molecule has 2 aliphatic rings. The van der Waals surface area contributed by atoms with E-state index < -0.39 is 0 Å². The molecule has 1 saturated carbocycles. The summed E-state index contributed by atoms with van der Waals surface area (Å²) in [6.45, 7) is 3.62. The lowest BCUT2D eigenvalue weighted by Crippen LogP contribution is -2.51. The van der Waals surface area contributed by atoms with Gasteiger partial charge in [0.2, 0.25) is 0 Å². The molecule has 1 aromatic heterocycles. The first-order valence-electron chi connectivity index (χ1n) is 7.12. The van der Waals surface area contributed by atoms with Crippen LogP contribution in [0, 0.1) is 6.92 Å². The smallest absolute Gasteiger partial charge is 0.267 e. The quantitative estimate of drug-likeness (QED) is 0.884. The molecule has 0 amide bonds. The molecule has 5 heteroatoms. The van der Waals surface area contributed by atoms with E-state index in [9.17, 15) is 4.79 Å². The van der Waals surface area contributed by atoms with Crippen molar-refractivity contribution < 1.29 is 4.74 Å². The largest absolute Gasteiger partial charge is 0.378 e. The average Bonchev–Trinajstić information content (AvgIpc) is 2.38. The minimum Gasteiger partial charge on any atom is -0.378 e. The lowest BCUT2D eigenvalue weighted by atomic mass is 9.90. The van der Waals surface area contributed by atoms with Gasteiger partial charge in [-0.3, -0.25) is 4.79 Å². The van der Waals surface area contributed by atoms with Gasteiger partial charge in [-0.15, -0.1) is 0 Å². The first-order chi connectivity index (χ1) is 9.22. The molecule has 0 spiro atoms. The Labute approximate surface area is 113 Å². The molecule has 5 nitrogen and oxygen atoms in total. The van der Waals surface area contributed by atoms with Crippen LogP contribution in [0.1, 0.15) is 37.4 Å². The van der Waals surface area contributed by atoms with Gasteiger partial charge in [-0.25, -0.2) is 4.68 Å². The molecule has 0 radical (unpaired) electrons. The summed E-state index contributed by atoms with van der Waals surface area (Å²) in [7, 11) is 0. The zero-order valence-corrected chi connectivity index (χ0v) is 11.3. The Kier molecular flexibility index (Phi) is 3.66. The highest BCUT2D eigenvalue weighted by Gasteiger charge is 2.27. The van der Waals surface area contributed by atoms with Gasteiger partial charge in [0.25, 0.3) is 5.56 Å². The molecule has 1 aliphatic carbocycles. The fraction of sp³-hybridized carbons (Fsp3) is 0.714. The summed E-state index contributed by atoms with van der Waals surface area (Å²) in [5, 5.41) is 7.99. The van der Waals surface area contributed by atoms with E-state index in [2.05, 4.69) is 10.4 Å². The van der Waals surface area contributed by atoms with Crippen molar-refractivity contribution in [2.75, 3.05) is 13.2 Å². The molecular weight excluding hydrogens is 242 g/mol. The Balaban J connectivity index is 1.59. The molecule has 0 unspecified atom stereocenters. The number of aromatic nitrogens is 2. The van der Waals surface area contributed by atoms with Crippen molar-refractivity contribution in [1.29, 1.82) is 0 Å². The molecule has 1 saturated heterocycles. The molecule has 2 fully saturated rings. The average molecular weight is 263 g/mol. The molecular formula is C14H21N3O2. The van der Waals surface area contributed by atoms with Crippen LogP contribution in [-0.4, -0.2) is 35.1 Å². The molecule has 3 rings (SSSR count). The summed E-state index contributed by atoms with van der Waals surface area (Å²) in [4.78, 5) is 11.9. The summed E-state index contributed by atoms with van der Waals surface area (Å²) in [6, 6.07) is 4.79. The second-order valence-corrected chi connectivity index (χ2v) is 5.66. The lowest BCUT2D eigenvalue weighted by molar-refractivity contribution is -0.0126. The van der Waals surface area contributed by atoms with Crippen LogP contribution in [0.3, 0.4) is 0 Å². The summed E-state index contributed by atoms with van der Waals surface area (Å²) in [6.07, 6.45) is 4.29. The van der Waals surface area contributed by atoms with Gasteiger partial charge >= 0.3 is 0 Å². The van der Waals surface area contributed by atoms with Crippen molar-refractivity contribution in [3.05, 3.63) is 28.2 Å². The van der Waals surface area contributed by atoms with E-state index in [1.165, 1.54) is 0 Å². The van der Waals surface area contributed by atoms with Crippen molar-refractivity contribution in [2.45, 2.75) is 50.7 Å². The maximum Gasteiger partial charge on any atom is 0.267 e. The van der Waals surface area contributed by atoms with Crippen LogP contribution >= 0.6 is 0 Å². The van der Waals surface area contributed by atoms with Crippen molar-refractivity contribution >= 4 is 0 Å². The van der Waals surface area contributed by atoms with Gasteiger partial charge in [0.15, 0.2) is 0 Å². The topological polar surface area (TPSA) is 56.2 Å². The van der Waals surface area contributed by atoms with Gasteiger partial charge in [0.05, 0.1) is 31.0 Å². The summed E-state index contributed by atoms with van der Waals surface area (Å²) < 4.78 is 6.86. The van der Waals surface area contributed by atoms with Crippen LogP contribution < -0.4 is 10.9 Å². The Hall–Kier alpha value is -1.20. The van der Waals surface area contributed by atoms with E-state index in [1.807, 2.05) is 6.92 Å². The third kappa shape index (κ3) is 2.87. The molecule has 1 aromatic rings. The molecule has 19 heavy (non-hydrogen) atoms. The first-order valence-corrected chi connectivity index (χ1v) is 7.12. The minimum absolute atomic E-state index is 0.0226. The third-order valence-corrected chi connectivity index (χ3v) is 4.11. The Morgan fingerprint density at radius 2 is 1.95 bits per heavy atom. The summed E-state index contributed by atoms with van der Waals surface area (Å²) in [5.41, 5.74) is 0.931. The van der Waals surface area contributed by atoms with Gasteiger partial charge in [0.1, 0.15) is 0 Å².